The van der Waals surface area contributed by atoms with Gasteiger partial charge < -0.3 is 19.9 Å². The van der Waals surface area contributed by atoms with E-state index in [1.807, 2.05) is 0 Å². The van der Waals surface area contributed by atoms with E-state index in [4.69, 9.17) is 4.52 Å². The lowest BCUT2D eigenvalue weighted by molar-refractivity contribution is -0.153. The van der Waals surface area contributed by atoms with Crippen molar-refractivity contribution in [3.05, 3.63) is 36.0 Å². The number of aryl methyl sites for hydroxylation is 1. The van der Waals surface area contributed by atoms with E-state index in [1.165, 1.54) is 24.3 Å². The summed E-state index contributed by atoms with van der Waals surface area (Å²) in [5.41, 5.74) is 0.279. The number of halogens is 3. The number of amides is 2. The fraction of sp³-hybridized carbons (Fsp3) is 0.357. The molecule has 1 atom stereocenters. The smallest absolute Gasteiger partial charge is 0.422 e. The van der Waals surface area contributed by atoms with Crippen molar-refractivity contribution < 1.29 is 27.2 Å². The van der Waals surface area contributed by atoms with Gasteiger partial charge in [0.2, 0.25) is 5.89 Å². The first kappa shape index (κ1) is 17.6. The van der Waals surface area contributed by atoms with Crippen LogP contribution in [0.25, 0.3) is 0 Å². The number of rotatable bonds is 5. The van der Waals surface area contributed by atoms with Gasteiger partial charge in [0, 0.05) is 11.8 Å². The van der Waals surface area contributed by atoms with Gasteiger partial charge in [-0.05, 0) is 26.0 Å². The van der Waals surface area contributed by atoms with Gasteiger partial charge >= 0.3 is 12.2 Å². The van der Waals surface area contributed by atoms with Gasteiger partial charge in [0.25, 0.3) is 0 Å². The first-order chi connectivity index (χ1) is 11.2. The number of nitrogens with one attached hydrogen (secondary N) is 2. The molecule has 7 nitrogen and oxygen atoms in total. The Kier molecular flexibility index (Phi) is 5.27. The Morgan fingerprint density at radius 2 is 2.17 bits per heavy atom. The average Bonchev–Trinajstić information content (AvgIpc) is 2.91. The minimum atomic E-state index is -4.43. The second-order valence-electron chi connectivity index (χ2n) is 4.93. The zero-order valence-electron chi connectivity index (χ0n) is 12.8. The van der Waals surface area contributed by atoms with Gasteiger partial charge in [0.15, 0.2) is 12.4 Å². The highest BCUT2D eigenvalue weighted by molar-refractivity contribution is 5.89. The Bertz CT molecular complexity index is 703. The number of ether oxygens (including phenoxy) is 1. The van der Waals surface area contributed by atoms with E-state index >= 15 is 0 Å². The first-order valence-electron chi connectivity index (χ1n) is 6.90. The van der Waals surface area contributed by atoms with Crippen LogP contribution in [0.5, 0.6) is 5.75 Å². The lowest BCUT2D eigenvalue weighted by Gasteiger charge is -2.13. The molecule has 2 aromatic rings. The highest BCUT2D eigenvalue weighted by Gasteiger charge is 2.28. The molecule has 0 aliphatic rings. The molecule has 0 bridgehead atoms. The zero-order valence-corrected chi connectivity index (χ0v) is 12.8. The van der Waals surface area contributed by atoms with Gasteiger partial charge in [0.1, 0.15) is 11.8 Å². The van der Waals surface area contributed by atoms with Crippen LogP contribution < -0.4 is 15.4 Å². The van der Waals surface area contributed by atoms with Gasteiger partial charge in [-0.1, -0.05) is 11.2 Å². The molecule has 1 aromatic carbocycles. The third kappa shape index (κ3) is 5.45. The van der Waals surface area contributed by atoms with Crippen molar-refractivity contribution in [3.8, 4) is 5.75 Å². The van der Waals surface area contributed by atoms with Crippen molar-refractivity contribution >= 4 is 11.7 Å². The number of urea groups is 1. The Labute approximate surface area is 135 Å². The number of benzene rings is 1. The molecule has 0 saturated carbocycles. The number of hydrogen-bond donors (Lipinski definition) is 2. The highest BCUT2D eigenvalue weighted by Crippen LogP contribution is 2.21. The number of alkyl halides is 3. The molecule has 1 heterocycles. The fourth-order valence-electron chi connectivity index (χ4n) is 1.74. The van der Waals surface area contributed by atoms with Crippen LogP contribution >= 0.6 is 0 Å². The third-order valence-electron chi connectivity index (χ3n) is 2.76. The van der Waals surface area contributed by atoms with Crippen molar-refractivity contribution in [1.82, 2.24) is 15.5 Å². The summed E-state index contributed by atoms with van der Waals surface area (Å²) in [6, 6.07) is 4.52. The Balaban J connectivity index is 1.91. The monoisotopic (exact) mass is 344 g/mol. The number of anilines is 1. The van der Waals surface area contributed by atoms with Crippen molar-refractivity contribution in [2.45, 2.75) is 26.1 Å². The summed E-state index contributed by atoms with van der Waals surface area (Å²) in [7, 11) is 0. The van der Waals surface area contributed by atoms with Crippen LogP contribution in [0.15, 0.2) is 28.8 Å². The van der Waals surface area contributed by atoms with E-state index in [0.717, 1.165) is 0 Å². The molecular formula is C14H15F3N4O3. The molecule has 0 spiro atoms. The lowest BCUT2D eigenvalue weighted by Crippen LogP contribution is -2.31. The number of carbonyl (C=O) groups is 1. The molecule has 10 heteroatoms. The topological polar surface area (TPSA) is 89.3 Å². The summed E-state index contributed by atoms with van der Waals surface area (Å²) in [4.78, 5) is 15.9. The van der Waals surface area contributed by atoms with Crippen molar-refractivity contribution in [1.29, 1.82) is 0 Å². The molecule has 2 rings (SSSR count). The van der Waals surface area contributed by atoms with E-state index < -0.39 is 24.9 Å². The van der Waals surface area contributed by atoms with Gasteiger partial charge in [-0.25, -0.2) is 4.79 Å². The van der Waals surface area contributed by atoms with Crippen LogP contribution in [0.4, 0.5) is 23.7 Å². The summed E-state index contributed by atoms with van der Waals surface area (Å²) in [6.07, 6.45) is -4.43. The van der Waals surface area contributed by atoms with E-state index in [-0.39, 0.29) is 17.3 Å². The Morgan fingerprint density at radius 3 is 2.79 bits per heavy atom. The minimum absolute atomic E-state index is 0.00861. The molecule has 2 amide bonds. The largest absolute Gasteiger partial charge is 0.484 e. The lowest BCUT2D eigenvalue weighted by atomic mass is 10.3. The van der Waals surface area contributed by atoms with Gasteiger partial charge in [0.05, 0.1) is 0 Å². The second kappa shape index (κ2) is 7.20. The molecule has 0 aliphatic carbocycles. The maximum absolute atomic E-state index is 12.1. The van der Waals surface area contributed by atoms with Crippen LogP contribution in [0.1, 0.15) is 24.7 Å². The molecule has 24 heavy (non-hydrogen) atoms. The summed E-state index contributed by atoms with van der Waals surface area (Å²) < 4.78 is 45.9. The summed E-state index contributed by atoms with van der Waals surface area (Å²) in [5.74, 6) is 0.671. The van der Waals surface area contributed by atoms with E-state index in [0.29, 0.717) is 5.82 Å². The number of hydrogen-bond acceptors (Lipinski definition) is 5. The molecule has 1 aromatic heterocycles. The Morgan fingerprint density at radius 1 is 1.42 bits per heavy atom. The quantitative estimate of drug-likeness (QED) is 0.869. The van der Waals surface area contributed by atoms with Gasteiger partial charge in [-0.15, -0.1) is 0 Å². The predicted octanol–water partition coefficient (Wildman–Crippen LogP) is 3.20. The van der Waals surface area contributed by atoms with E-state index in [2.05, 4.69) is 25.5 Å². The zero-order chi connectivity index (χ0) is 17.7. The van der Waals surface area contributed by atoms with Crippen LogP contribution in [0.2, 0.25) is 0 Å². The summed E-state index contributed by atoms with van der Waals surface area (Å²) >= 11 is 0. The van der Waals surface area contributed by atoms with Crippen LogP contribution in [0, 0.1) is 6.92 Å². The maximum Gasteiger partial charge on any atom is 0.422 e. The standard InChI is InChI=1S/C14H15F3N4O3/c1-8(12-19-9(2)21-24-12)18-13(22)20-10-4-3-5-11(6-10)23-7-14(15,16)17/h3-6,8H,7H2,1-2H3,(H2,18,20,22). The highest BCUT2D eigenvalue weighted by atomic mass is 19.4. The normalized spacial score (nSPS) is 12.5. The first-order valence-corrected chi connectivity index (χ1v) is 6.90. The molecular weight excluding hydrogens is 329 g/mol. The predicted molar refractivity (Wildman–Crippen MR) is 77.6 cm³/mol. The van der Waals surface area contributed by atoms with Crippen molar-refractivity contribution in [2.75, 3.05) is 11.9 Å². The third-order valence-corrected chi connectivity index (χ3v) is 2.76. The molecule has 2 N–H and O–H groups in total. The van der Waals surface area contributed by atoms with Crippen molar-refractivity contribution in [3.63, 3.8) is 0 Å². The number of aromatic nitrogens is 2. The number of nitrogens with zero attached hydrogens (tertiary/aromatic N) is 2. The molecule has 130 valence electrons. The molecule has 0 radical (unpaired) electrons. The molecule has 0 saturated heterocycles. The molecule has 0 aliphatic heterocycles. The van der Waals surface area contributed by atoms with E-state index in [1.54, 1.807) is 13.8 Å². The average molecular weight is 344 g/mol. The second-order valence-corrected chi connectivity index (χ2v) is 4.93. The molecule has 0 fully saturated rings. The SMILES string of the molecule is Cc1noc(C(C)NC(=O)Nc2cccc(OCC(F)(F)F)c2)n1. The van der Waals surface area contributed by atoms with Crippen LogP contribution in [-0.4, -0.2) is 29.0 Å². The van der Waals surface area contributed by atoms with Crippen molar-refractivity contribution in [2.24, 2.45) is 0 Å². The fourth-order valence-corrected chi connectivity index (χ4v) is 1.74. The van der Waals surface area contributed by atoms with E-state index in [9.17, 15) is 18.0 Å². The van der Waals surface area contributed by atoms with Crippen LogP contribution in [0.3, 0.4) is 0 Å². The minimum Gasteiger partial charge on any atom is -0.484 e. The molecule has 1 unspecified atom stereocenters. The summed E-state index contributed by atoms with van der Waals surface area (Å²) in [6.45, 7) is 1.89. The van der Waals surface area contributed by atoms with Gasteiger partial charge in [-0.3, -0.25) is 0 Å². The van der Waals surface area contributed by atoms with Gasteiger partial charge in [-0.2, -0.15) is 18.2 Å². The number of carbonyl (C=O) groups excluding carboxylic acids is 1. The Hall–Kier alpha value is -2.78. The van der Waals surface area contributed by atoms with Crippen LogP contribution in [-0.2, 0) is 0 Å². The maximum atomic E-state index is 12.1. The summed E-state index contributed by atoms with van der Waals surface area (Å²) in [5, 5.41) is 8.67.